The SMILES string of the molecule is CCC/C(O)=C(/C)C(=O)O.CCCC/C(O)=C(/C)C(=O)O. The van der Waals surface area contributed by atoms with Crippen LogP contribution in [0.1, 0.15) is 59.8 Å². The first-order chi connectivity index (χ1) is 9.68. The molecule has 0 rings (SSSR count). The zero-order chi connectivity index (χ0) is 17.0. The van der Waals surface area contributed by atoms with Crippen molar-refractivity contribution in [3.63, 3.8) is 0 Å². The Bertz CT molecular complexity index is 406. The fourth-order valence-electron chi connectivity index (χ4n) is 1.20. The fourth-order valence-corrected chi connectivity index (χ4v) is 1.20. The summed E-state index contributed by atoms with van der Waals surface area (Å²) in [7, 11) is 0. The summed E-state index contributed by atoms with van der Waals surface area (Å²) in [6, 6.07) is 0. The molecule has 0 aliphatic heterocycles. The molecule has 0 aliphatic rings. The molecule has 0 saturated heterocycles. The van der Waals surface area contributed by atoms with Gasteiger partial charge in [0, 0.05) is 12.8 Å². The molecule has 0 radical (unpaired) electrons. The summed E-state index contributed by atoms with van der Waals surface area (Å²) in [6.45, 7) is 6.68. The molecule has 0 atom stereocenters. The molecule has 6 heteroatoms. The molecule has 0 aromatic carbocycles. The van der Waals surface area contributed by atoms with Crippen LogP contribution in [0.25, 0.3) is 0 Å². The third-order valence-electron chi connectivity index (χ3n) is 2.76. The van der Waals surface area contributed by atoms with E-state index < -0.39 is 11.9 Å². The smallest absolute Gasteiger partial charge is 0.334 e. The number of aliphatic carboxylic acids is 2. The van der Waals surface area contributed by atoms with Gasteiger partial charge in [0.25, 0.3) is 0 Å². The summed E-state index contributed by atoms with van der Waals surface area (Å²) >= 11 is 0. The van der Waals surface area contributed by atoms with Gasteiger partial charge in [0.15, 0.2) is 0 Å². The van der Waals surface area contributed by atoms with E-state index in [1.165, 1.54) is 13.8 Å². The maximum Gasteiger partial charge on any atom is 0.334 e. The van der Waals surface area contributed by atoms with Crippen molar-refractivity contribution in [3.05, 3.63) is 22.7 Å². The largest absolute Gasteiger partial charge is 0.512 e. The van der Waals surface area contributed by atoms with Crippen LogP contribution in [0.4, 0.5) is 0 Å². The van der Waals surface area contributed by atoms with E-state index in [9.17, 15) is 9.59 Å². The third kappa shape index (κ3) is 10.5. The Morgan fingerprint density at radius 3 is 1.38 bits per heavy atom. The van der Waals surface area contributed by atoms with Crippen LogP contribution in [0.5, 0.6) is 0 Å². The Morgan fingerprint density at radius 2 is 1.10 bits per heavy atom. The quantitative estimate of drug-likeness (QED) is 0.420. The fraction of sp³-hybridized carbons (Fsp3) is 0.600. The van der Waals surface area contributed by atoms with Gasteiger partial charge in [-0.15, -0.1) is 0 Å². The molecule has 122 valence electrons. The maximum absolute atomic E-state index is 10.3. The number of aliphatic hydroxyl groups is 2. The monoisotopic (exact) mass is 302 g/mol. The summed E-state index contributed by atoms with van der Waals surface area (Å²) in [4.78, 5) is 20.5. The molecule has 0 amide bonds. The number of rotatable bonds is 7. The van der Waals surface area contributed by atoms with E-state index in [1.54, 1.807) is 0 Å². The highest BCUT2D eigenvalue weighted by atomic mass is 16.4. The van der Waals surface area contributed by atoms with Crippen molar-refractivity contribution in [2.24, 2.45) is 0 Å². The van der Waals surface area contributed by atoms with Gasteiger partial charge < -0.3 is 20.4 Å². The van der Waals surface area contributed by atoms with Crippen LogP contribution in [-0.4, -0.2) is 32.4 Å². The van der Waals surface area contributed by atoms with Crippen LogP contribution in [0.15, 0.2) is 22.7 Å². The van der Waals surface area contributed by atoms with E-state index in [1.807, 2.05) is 13.8 Å². The molecular weight excluding hydrogens is 276 g/mol. The normalized spacial score (nSPS) is 12.6. The predicted octanol–water partition coefficient (Wildman–Crippen LogP) is 3.80. The van der Waals surface area contributed by atoms with E-state index in [2.05, 4.69) is 0 Å². The van der Waals surface area contributed by atoms with Gasteiger partial charge in [-0.05, 0) is 26.7 Å². The van der Waals surface area contributed by atoms with Crippen LogP contribution in [-0.2, 0) is 9.59 Å². The standard InChI is InChI=1S/C8H14O3.C7H12O3/c1-3-4-5-7(9)6(2)8(10)11;1-3-4-6(8)5(2)7(9)10/h9H,3-5H2,1-2H3,(H,10,11);8H,3-4H2,1-2H3,(H,9,10)/b7-6+;6-5+. The number of aliphatic hydroxyl groups excluding tert-OH is 2. The van der Waals surface area contributed by atoms with E-state index in [4.69, 9.17) is 20.4 Å². The zero-order valence-electron chi connectivity index (χ0n) is 13.1. The summed E-state index contributed by atoms with van der Waals surface area (Å²) in [5.74, 6) is -2.11. The highest BCUT2D eigenvalue weighted by Gasteiger charge is 2.06. The first-order valence-corrected chi connectivity index (χ1v) is 6.92. The number of hydrogen-bond acceptors (Lipinski definition) is 4. The Kier molecular flexibility index (Phi) is 12.0. The van der Waals surface area contributed by atoms with Crippen molar-refractivity contribution >= 4 is 11.9 Å². The summed E-state index contributed by atoms with van der Waals surface area (Å²) in [5.41, 5.74) is 0.0975. The number of allylic oxidation sites excluding steroid dienone is 2. The van der Waals surface area contributed by atoms with Crippen molar-refractivity contribution in [1.82, 2.24) is 0 Å². The summed E-state index contributed by atoms with van der Waals surface area (Å²) in [6.07, 6.45) is 3.45. The average molecular weight is 302 g/mol. The molecule has 4 N–H and O–H groups in total. The van der Waals surface area contributed by atoms with Crippen LogP contribution in [0.2, 0.25) is 0 Å². The van der Waals surface area contributed by atoms with Crippen LogP contribution in [0.3, 0.4) is 0 Å². The van der Waals surface area contributed by atoms with Crippen LogP contribution >= 0.6 is 0 Å². The van der Waals surface area contributed by atoms with E-state index in [0.29, 0.717) is 12.8 Å². The Morgan fingerprint density at radius 1 is 0.714 bits per heavy atom. The second kappa shape index (κ2) is 11.8. The number of carbonyl (C=O) groups is 2. The van der Waals surface area contributed by atoms with Gasteiger partial charge in [-0.25, -0.2) is 9.59 Å². The van der Waals surface area contributed by atoms with Crippen molar-refractivity contribution in [2.75, 3.05) is 0 Å². The van der Waals surface area contributed by atoms with Gasteiger partial charge in [0.2, 0.25) is 0 Å². The highest BCUT2D eigenvalue weighted by Crippen LogP contribution is 2.09. The van der Waals surface area contributed by atoms with Crippen molar-refractivity contribution in [2.45, 2.75) is 59.8 Å². The van der Waals surface area contributed by atoms with E-state index in [0.717, 1.165) is 19.3 Å². The molecule has 0 fully saturated rings. The molecule has 0 aliphatic carbocycles. The molecule has 0 bridgehead atoms. The predicted molar refractivity (Wildman–Crippen MR) is 80.4 cm³/mol. The first-order valence-electron chi connectivity index (χ1n) is 6.92. The molecule has 0 heterocycles. The van der Waals surface area contributed by atoms with Crippen molar-refractivity contribution in [3.8, 4) is 0 Å². The molecule has 6 nitrogen and oxygen atoms in total. The van der Waals surface area contributed by atoms with Gasteiger partial charge in [0.05, 0.1) is 11.1 Å². The zero-order valence-corrected chi connectivity index (χ0v) is 13.1. The van der Waals surface area contributed by atoms with Crippen LogP contribution < -0.4 is 0 Å². The Hall–Kier alpha value is -1.98. The second-order valence-electron chi connectivity index (χ2n) is 4.61. The lowest BCUT2D eigenvalue weighted by atomic mass is 10.1. The van der Waals surface area contributed by atoms with Gasteiger partial charge in [-0.3, -0.25) is 0 Å². The maximum atomic E-state index is 10.3. The molecule has 0 spiro atoms. The number of hydrogen-bond donors (Lipinski definition) is 4. The second-order valence-corrected chi connectivity index (χ2v) is 4.61. The van der Waals surface area contributed by atoms with E-state index in [-0.39, 0.29) is 22.7 Å². The number of carboxylic acids is 2. The topological polar surface area (TPSA) is 115 Å². The Balaban J connectivity index is 0. The van der Waals surface area contributed by atoms with Gasteiger partial charge in [0.1, 0.15) is 11.5 Å². The van der Waals surface area contributed by atoms with Crippen molar-refractivity contribution in [1.29, 1.82) is 0 Å². The lowest BCUT2D eigenvalue weighted by Crippen LogP contribution is -2.00. The molecule has 21 heavy (non-hydrogen) atoms. The number of unbranched alkanes of at least 4 members (excludes halogenated alkanes) is 1. The minimum Gasteiger partial charge on any atom is -0.512 e. The molecule has 0 aromatic heterocycles. The molecule has 0 saturated carbocycles. The molecular formula is C15H26O6. The lowest BCUT2D eigenvalue weighted by Gasteiger charge is -2.00. The average Bonchev–Trinajstić information content (AvgIpc) is 2.43. The van der Waals surface area contributed by atoms with E-state index >= 15 is 0 Å². The highest BCUT2D eigenvalue weighted by molar-refractivity contribution is 5.86. The molecule has 0 aromatic rings. The first kappa shape index (κ1) is 21.3. The summed E-state index contributed by atoms with van der Waals surface area (Å²) < 4.78 is 0. The molecule has 0 unspecified atom stereocenters. The van der Waals surface area contributed by atoms with Gasteiger partial charge in [-0.1, -0.05) is 20.3 Å². The minimum atomic E-state index is -1.05. The Labute approximate surface area is 125 Å². The van der Waals surface area contributed by atoms with Crippen molar-refractivity contribution < 1.29 is 30.0 Å². The van der Waals surface area contributed by atoms with Crippen LogP contribution in [0, 0.1) is 0 Å². The third-order valence-corrected chi connectivity index (χ3v) is 2.76. The summed E-state index contributed by atoms with van der Waals surface area (Å²) in [5, 5.41) is 34.9. The van der Waals surface area contributed by atoms with Gasteiger partial charge in [-0.2, -0.15) is 0 Å². The lowest BCUT2D eigenvalue weighted by molar-refractivity contribution is -0.133. The van der Waals surface area contributed by atoms with Gasteiger partial charge >= 0.3 is 11.9 Å². The number of carboxylic acid groups (broad SMARTS) is 2. The minimum absolute atomic E-state index is 0.000602.